The molecule has 0 aliphatic rings. The van der Waals surface area contributed by atoms with E-state index in [4.69, 9.17) is 4.74 Å². The number of hydrogen-bond acceptors (Lipinski definition) is 5. The summed E-state index contributed by atoms with van der Waals surface area (Å²) in [5.41, 5.74) is 0. The molecule has 0 saturated heterocycles. The zero-order chi connectivity index (χ0) is 41.7. The van der Waals surface area contributed by atoms with Gasteiger partial charge in [0.25, 0.3) is 0 Å². The van der Waals surface area contributed by atoms with E-state index in [1.165, 1.54) is 135 Å². The molecule has 1 amide bonds. The number of amides is 1. The number of rotatable bonds is 44. The lowest BCUT2D eigenvalue weighted by atomic mass is 10.0. The Morgan fingerprint density at radius 1 is 0.509 bits per heavy atom. The molecule has 0 rings (SSSR count). The number of carbonyl (C=O) groups excluding carboxylic acids is 2. The quantitative estimate of drug-likeness (QED) is 0.0324. The van der Waals surface area contributed by atoms with E-state index in [1.807, 2.05) is 0 Å². The van der Waals surface area contributed by atoms with E-state index in [0.717, 1.165) is 70.6 Å². The molecule has 57 heavy (non-hydrogen) atoms. The van der Waals surface area contributed by atoms with Crippen LogP contribution in [0.5, 0.6) is 0 Å². The SMILES string of the molecule is CCCCCCC/C=C/C=C/C=C/CCCCCC(CC(=O)NC(CO)C(O)CCCCCCCCCCCCCC)OC(=O)CCCCCCCCCCCC. The Morgan fingerprint density at radius 3 is 1.35 bits per heavy atom. The van der Waals surface area contributed by atoms with Crippen LogP contribution in [0.2, 0.25) is 0 Å². The van der Waals surface area contributed by atoms with Gasteiger partial charge >= 0.3 is 5.97 Å². The van der Waals surface area contributed by atoms with Crippen LogP contribution in [0, 0.1) is 0 Å². The Bertz CT molecular complexity index is 946. The van der Waals surface area contributed by atoms with E-state index in [0.29, 0.717) is 19.3 Å². The highest BCUT2D eigenvalue weighted by molar-refractivity contribution is 5.77. The van der Waals surface area contributed by atoms with Gasteiger partial charge in [0.1, 0.15) is 6.10 Å². The first-order valence-electron chi connectivity index (χ1n) is 24.7. The molecule has 0 fully saturated rings. The molecule has 0 aromatic rings. The van der Waals surface area contributed by atoms with Crippen LogP contribution < -0.4 is 5.32 Å². The van der Waals surface area contributed by atoms with Crippen molar-refractivity contribution in [1.82, 2.24) is 5.32 Å². The molecule has 3 N–H and O–H groups in total. The minimum Gasteiger partial charge on any atom is -0.462 e. The molecule has 334 valence electrons. The highest BCUT2D eigenvalue weighted by atomic mass is 16.5. The van der Waals surface area contributed by atoms with Crippen molar-refractivity contribution in [3.63, 3.8) is 0 Å². The highest BCUT2D eigenvalue weighted by Crippen LogP contribution is 2.17. The first kappa shape index (κ1) is 55.1. The van der Waals surface area contributed by atoms with Gasteiger partial charge in [-0.05, 0) is 51.4 Å². The van der Waals surface area contributed by atoms with Crippen molar-refractivity contribution in [2.45, 2.75) is 270 Å². The number of ether oxygens (including phenoxy) is 1. The summed E-state index contributed by atoms with van der Waals surface area (Å²) in [4.78, 5) is 26.0. The van der Waals surface area contributed by atoms with Crippen molar-refractivity contribution in [3.05, 3.63) is 36.5 Å². The molecule has 0 radical (unpaired) electrons. The van der Waals surface area contributed by atoms with Gasteiger partial charge in [-0.1, -0.05) is 224 Å². The molecule has 0 aromatic heterocycles. The lowest BCUT2D eigenvalue weighted by Gasteiger charge is -2.24. The van der Waals surface area contributed by atoms with E-state index >= 15 is 0 Å². The van der Waals surface area contributed by atoms with Gasteiger partial charge in [0.05, 0.1) is 25.2 Å². The Hall–Kier alpha value is -1.92. The van der Waals surface area contributed by atoms with Gasteiger partial charge in [-0.15, -0.1) is 0 Å². The number of allylic oxidation sites excluding steroid dienone is 6. The van der Waals surface area contributed by atoms with Crippen molar-refractivity contribution < 1.29 is 24.5 Å². The maximum atomic E-state index is 13.2. The summed E-state index contributed by atoms with van der Waals surface area (Å²) < 4.78 is 5.90. The van der Waals surface area contributed by atoms with Gasteiger partial charge in [0.15, 0.2) is 0 Å². The first-order chi connectivity index (χ1) is 28.0. The number of hydrogen-bond donors (Lipinski definition) is 3. The summed E-state index contributed by atoms with van der Waals surface area (Å²) in [6.45, 7) is 6.44. The van der Waals surface area contributed by atoms with Crippen molar-refractivity contribution in [1.29, 1.82) is 0 Å². The molecule has 0 aliphatic heterocycles. The van der Waals surface area contributed by atoms with Crippen molar-refractivity contribution in [3.8, 4) is 0 Å². The van der Waals surface area contributed by atoms with E-state index in [2.05, 4.69) is 62.5 Å². The minimum absolute atomic E-state index is 0.0581. The summed E-state index contributed by atoms with van der Waals surface area (Å²) in [6.07, 6.45) is 52.0. The second-order valence-corrected chi connectivity index (χ2v) is 16.9. The molecular formula is C51H95NO5. The predicted octanol–water partition coefficient (Wildman–Crippen LogP) is 14.5. The second-order valence-electron chi connectivity index (χ2n) is 16.9. The fourth-order valence-corrected chi connectivity index (χ4v) is 7.49. The van der Waals surface area contributed by atoms with Crippen LogP contribution >= 0.6 is 0 Å². The number of nitrogens with one attached hydrogen (secondary N) is 1. The van der Waals surface area contributed by atoms with E-state index < -0.39 is 18.2 Å². The average molecular weight is 802 g/mol. The second kappa shape index (κ2) is 45.2. The molecule has 0 aliphatic carbocycles. The first-order valence-corrected chi connectivity index (χ1v) is 24.7. The molecular weight excluding hydrogens is 707 g/mol. The van der Waals surface area contributed by atoms with E-state index in [1.54, 1.807) is 0 Å². The third-order valence-corrected chi connectivity index (χ3v) is 11.3. The number of aliphatic hydroxyl groups excluding tert-OH is 2. The monoisotopic (exact) mass is 802 g/mol. The zero-order valence-electron chi connectivity index (χ0n) is 38.0. The lowest BCUT2D eigenvalue weighted by molar-refractivity contribution is -0.151. The van der Waals surface area contributed by atoms with Crippen LogP contribution in [-0.2, 0) is 14.3 Å². The van der Waals surface area contributed by atoms with Crippen molar-refractivity contribution in [2.24, 2.45) is 0 Å². The van der Waals surface area contributed by atoms with E-state index in [-0.39, 0.29) is 24.9 Å². The van der Waals surface area contributed by atoms with Gasteiger partial charge in [-0.2, -0.15) is 0 Å². The Balaban J connectivity index is 4.64. The summed E-state index contributed by atoms with van der Waals surface area (Å²) >= 11 is 0. The molecule has 6 nitrogen and oxygen atoms in total. The summed E-state index contributed by atoms with van der Waals surface area (Å²) in [7, 11) is 0. The van der Waals surface area contributed by atoms with Crippen LogP contribution in [0.4, 0.5) is 0 Å². The molecule has 0 bridgehead atoms. The zero-order valence-corrected chi connectivity index (χ0v) is 38.0. The largest absolute Gasteiger partial charge is 0.462 e. The molecule has 3 unspecified atom stereocenters. The molecule has 0 spiro atoms. The third-order valence-electron chi connectivity index (χ3n) is 11.3. The number of unbranched alkanes of at least 4 members (excludes halogenated alkanes) is 28. The van der Waals surface area contributed by atoms with Crippen LogP contribution in [0.15, 0.2) is 36.5 Å². The van der Waals surface area contributed by atoms with Gasteiger partial charge in [-0.3, -0.25) is 9.59 Å². The maximum absolute atomic E-state index is 13.2. The van der Waals surface area contributed by atoms with Crippen LogP contribution in [-0.4, -0.2) is 46.9 Å². The molecule has 0 aromatic carbocycles. The van der Waals surface area contributed by atoms with Crippen molar-refractivity contribution >= 4 is 11.9 Å². The fraction of sp³-hybridized carbons (Fsp3) is 0.843. The molecule has 0 saturated carbocycles. The topological polar surface area (TPSA) is 95.9 Å². The van der Waals surface area contributed by atoms with Crippen LogP contribution in [0.3, 0.4) is 0 Å². The van der Waals surface area contributed by atoms with E-state index in [9.17, 15) is 19.8 Å². The average Bonchev–Trinajstić information content (AvgIpc) is 3.20. The predicted molar refractivity (Wildman–Crippen MR) is 246 cm³/mol. The van der Waals surface area contributed by atoms with Gasteiger partial charge in [0, 0.05) is 6.42 Å². The fourth-order valence-electron chi connectivity index (χ4n) is 7.49. The molecule has 0 heterocycles. The highest BCUT2D eigenvalue weighted by Gasteiger charge is 2.24. The summed E-state index contributed by atoms with van der Waals surface area (Å²) in [5, 5.41) is 23.7. The standard InChI is InChI=1S/C51H95NO5/c1-4-7-10-13-16-19-22-24-25-26-27-28-30-33-36-39-42-47(57-51(56)44-41-38-35-32-21-18-15-12-9-6-3)45-50(55)52-48(46-53)49(54)43-40-37-34-31-29-23-20-17-14-11-8-5-2/h22,24-28,47-49,53-54H,4-21,23,29-46H2,1-3H3,(H,52,55)/b24-22+,26-25+,28-27+. The Kier molecular flexibility index (Phi) is 43.6. The Morgan fingerprint density at radius 2 is 0.895 bits per heavy atom. The van der Waals surface area contributed by atoms with Gasteiger partial charge in [0.2, 0.25) is 5.91 Å². The maximum Gasteiger partial charge on any atom is 0.306 e. The number of esters is 1. The van der Waals surface area contributed by atoms with Crippen LogP contribution in [0.1, 0.15) is 252 Å². The number of carbonyl (C=O) groups is 2. The minimum atomic E-state index is -0.793. The lowest BCUT2D eigenvalue weighted by Crippen LogP contribution is -2.46. The smallest absolute Gasteiger partial charge is 0.306 e. The van der Waals surface area contributed by atoms with Gasteiger partial charge in [-0.25, -0.2) is 0 Å². The third kappa shape index (κ3) is 40.6. The Labute approximate surface area is 353 Å². The summed E-state index contributed by atoms with van der Waals surface area (Å²) in [5.74, 6) is -0.502. The molecule has 3 atom stereocenters. The van der Waals surface area contributed by atoms with Crippen molar-refractivity contribution in [2.75, 3.05) is 6.61 Å². The van der Waals surface area contributed by atoms with Gasteiger partial charge < -0.3 is 20.3 Å². The van der Waals surface area contributed by atoms with Crippen LogP contribution in [0.25, 0.3) is 0 Å². The summed E-state index contributed by atoms with van der Waals surface area (Å²) in [6, 6.07) is -0.708. The number of aliphatic hydroxyl groups is 2. The normalized spacial score (nSPS) is 13.6. The molecule has 6 heteroatoms.